The highest BCUT2D eigenvalue weighted by Crippen LogP contribution is 2.16. The van der Waals surface area contributed by atoms with Crippen LogP contribution < -0.4 is 0 Å². The molecule has 0 atom stereocenters. The van der Waals surface area contributed by atoms with Gasteiger partial charge >= 0.3 is 0 Å². The Morgan fingerprint density at radius 1 is 1.31 bits per heavy atom. The van der Waals surface area contributed by atoms with Crippen LogP contribution in [0, 0.1) is 0 Å². The lowest BCUT2D eigenvalue weighted by molar-refractivity contribution is 0.110. The van der Waals surface area contributed by atoms with Gasteiger partial charge < -0.3 is 9.52 Å². The van der Waals surface area contributed by atoms with Crippen LogP contribution in [0.4, 0.5) is 0 Å². The van der Waals surface area contributed by atoms with Gasteiger partial charge in [-0.2, -0.15) is 0 Å². The van der Waals surface area contributed by atoms with E-state index in [1.165, 1.54) is 0 Å². The van der Waals surface area contributed by atoms with Crippen molar-refractivity contribution in [3.05, 3.63) is 36.1 Å². The average molecular weight is 178 g/mol. The molecule has 0 bridgehead atoms. The predicted octanol–water partition coefficient (Wildman–Crippen LogP) is 1.85. The van der Waals surface area contributed by atoms with Gasteiger partial charge in [-0.15, -0.1) is 0 Å². The number of para-hydroxylation sites is 1. The summed E-state index contributed by atoms with van der Waals surface area (Å²) in [4.78, 5) is 10.3. The molecular weight excluding hydrogens is 168 g/mol. The van der Waals surface area contributed by atoms with Crippen molar-refractivity contribution >= 4 is 17.3 Å². The molecule has 0 aliphatic carbocycles. The van der Waals surface area contributed by atoms with Gasteiger partial charge in [0.25, 0.3) is 0 Å². The zero-order valence-corrected chi connectivity index (χ0v) is 7.23. The summed E-state index contributed by atoms with van der Waals surface area (Å²) >= 11 is 0. The summed E-state index contributed by atoms with van der Waals surface area (Å²) in [5.74, 6) is 0.381. The second kappa shape index (κ2) is 4.42. The number of hydrogen-bond acceptors (Lipinski definition) is 3. The lowest BCUT2D eigenvalue weighted by atomic mass is 10.2. The molecular formula is C10H10O3. The number of furan rings is 1. The SMILES string of the molecule is CO.O=Cc1cc2ccccc2o1. The van der Waals surface area contributed by atoms with Gasteiger partial charge in [-0.1, -0.05) is 18.2 Å². The van der Waals surface area contributed by atoms with E-state index < -0.39 is 0 Å². The van der Waals surface area contributed by atoms with Crippen LogP contribution in [0.2, 0.25) is 0 Å². The maximum absolute atomic E-state index is 10.3. The first-order valence-electron chi connectivity index (χ1n) is 3.78. The van der Waals surface area contributed by atoms with Crippen LogP contribution in [0.5, 0.6) is 0 Å². The fraction of sp³-hybridized carbons (Fsp3) is 0.100. The molecule has 0 aliphatic rings. The van der Waals surface area contributed by atoms with Crippen molar-refractivity contribution in [1.29, 1.82) is 0 Å². The normalized spacial score (nSPS) is 9.08. The molecule has 13 heavy (non-hydrogen) atoms. The number of aliphatic hydroxyl groups is 1. The summed E-state index contributed by atoms with van der Waals surface area (Å²) in [5.41, 5.74) is 0.759. The molecule has 0 spiro atoms. The summed E-state index contributed by atoms with van der Waals surface area (Å²) in [5, 5.41) is 7.97. The number of rotatable bonds is 1. The Labute approximate surface area is 75.6 Å². The smallest absolute Gasteiger partial charge is 0.185 e. The van der Waals surface area contributed by atoms with Gasteiger partial charge in [0.15, 0.2) is 12.0 Å². The van der Waals surface area contributed by atoms with E-state index in [1.807, 2.05) is 24.3 Å². The standard InChI is InChI=1S/C9H6O2.CH4O/c10-6-8-5-7-3-1-2-4-9(7)11-8;1-2/h1-6H;2H,1H3. The van der Waals surface area contributed by atoms with E-state index in [-0.39, 0.29) is 0 Å². The molecule has 2 rings (SSSR count). The predicted molar refractivity (Wildman–Crippen MR) is 49.7 cm³/mol. The fourth-order valence-corrected chi connectivity index (χ4v) is 1.06. The molecule has 0 fully saturated rings. The Kier molecular flexibility index (Phi) is 3.23. The van der Waals surface area contributed by atoms with Crippen LogP contribution in [-0.4, -0.2) is 18.5 Å². The van der Waals surface area contributed by atoms with Gasteiger partial charge in [-0.25, -0.2) is 0 Å². The number of carbonyl (C=O) groups is 1. The Morgan fingerprint density at radius 2 is 2.00 bits per heavy atom. The maximum Gasteiger partial charge on any atom is 0.185 e. The van der Waals surface area contributed by atoms with Crippen molar-refractivity contribution < 1.29 is 14.3 Å². The molecule has 1 heterocycles. The molecule has 0 unspecified atom stereocenters. The van der Waals surface area contributed by atoms with Crippen LogP contribution >= 0.6 is 0 Å². The summed E-state index contributed by atoms with van der Waals surface area (Å²) in [6.07, 6.45) is 0.708. The second-order valence-electron chi connectivity index (χ2n) is 2.30. The van der Waals surface area contributed by atoms with Gasteiger partial charge in [0.05, 0.1) is 0 Å². The van der Waals surface area contributed by atoms with E-state index in [4.69, 9.17) is 9.52 Å². The van der Waals surface area contributed by atoms with Crippen LogP contribution in [-0.2, 0) is 0 Å². The van der Waals surface area contributed by atoms with Crippen molar-refractivity contribution in [3.8, 4) is 0 Å². The highest BCUT2D eigenvalue weighted by Gasteiger charge is 1.99. The zero-order chi connectivity index (χ0) is 9.68. The van der Waals surface area contributed by atoms with E-state index in [0.29, 0.717) is 12.0 Å². The summed E-state index contributed by atoms with van der Waals surface area (Å²) in [6.45, 7) is 0. The average Bonchev–Trinajstić information content (AvgIpc) is 2.63. The van der Waals surface area contributed by atoms with Gasteiger partial charge in [-0.05, 0) is 12.1 Å². The Morgan fingerprint density at radius 3 is 2.62 bits per heavy atom. The summed E-state index contributed by atoms with van der Waals surface area (Å²) in [6, 6.07) is 9.25. The van der Waals surface area contributed by atoms with Crippen LogP contribution in [0.3, 0.4) is 0 Å². The molecule has 0 radical (unpaired) electrons. The molecule has 3 nitrogen and oxygen atoms in total. The third kappa shape index (κ3) is 1.95. The minimum Gasteiger partial charge on any atom is -0.453 e. The molecule has 0 saturated heterocycles. The summed E-state index contributed by atoms with van der Waals surface area (Å²) < 4.78 is 5.15. The number of aldehydes is 1. The lowest BCUT2D eigenvalue weighted by Gasteiger charge is -1.81. The highest BCUT2D eigenvalue weighted by molar-refractivity contribution is 5.84. The van der Waals surface area contributed by atoms with Crippen molar-refractivity contribution in [2.24, 2.45) is 0 Å². The summed E-state index contributed by atoms with van der Waals surface area (Å²) in [7, 11) is 1.00. The molecule has 1 aromatic carbocycles. The van der Waals surface area contributed by atoms with Crippen molar-refractivity contribution in [1.82, 2.24) is 0 Å². The van der Waals surface area contributed by atoms with Crippen LogP contribution in [0.15, 0.2) is 34.7 Å². The van der Waals surface area contributed by atoms with E-state index in [9.17, 15) is 4.79 Å². The first-order chi connectivity index (χ1) is 6.40. The minimum absolute atomic E-state index is 0.381. The molecule has 1 N–H and O–H groups in total. The number of benzene rings is 1. The Hall–Kier alpha value is -1.61. The van der Waals surface area contributed by atoms with E-state index in [1.54, 1.807) is 6.07 Å². The molecule has 0 saturated carbocycles. The van der Waals surface area contributed by atoms with E-state index >= 15 is 0 Å². The number of fused-ring (bicyclic) bond motifs is 1. The molecule has 0 amide bonds. The van der Waals surface area contributed by atoms with Gasteiger partial charge in [0, 0.05) is 12.5 Å². The molecule has 1 aromatic heterocycles. The first-order valence-corrected chi connectivity index (χ1v) is 3.78. The largest absolute Gasteiger partial charge is 0.453 e. The fourth-order valence-electron chi connectivity index (χ4n) is 1.06. The third-order valence-electron chi connectivity index (χ3n) is 1.56. The quantitative estimate of drug-likeness (QED) is 0.678. The molecule has 68 valence electrons. The molecule has 0 aliphatic heterocycles. The van der Waals surface area contributed by atoms with E-state index in [0.717, 1.165) is 18.1 Å². The molecule has 2 aromatic rings. The van der Waals surface area contributed by atoms with E-state index in [2.05, 4.69) is 0 Å². The number of hydrogen-bond donors (Lipinski definition) is 1. The van der Waals surface area contributed by atoms with Crippen molar-refractivity contribution in [2.45, 2.75) is 0 Å². The lowest BCUT2D eigenvalue weighted by Crippen LogP contribution is -1.65. The van der Waals surface area contributed by atoms with Crippen LogP contribution in [0.25, 0.3) is 11.0 Å². The van der Waals surface area contributed by atoms with Gasteiger partial charge in [0.1, 0.15) is 5.58 Å². The second-order valence-corrected chi connectivity index (χ2v) is 2.30. The zero-order valence-electron chi connectivity index (χ0n) is 7.23. The highest BCUT2D eigenvalue weighted by atomic mass is 16.3. The topological polar surface area (TPSA) is 50.4 Å². The Bertz CT molecular complexity index is 357. The Balaban J connectivity index is 0.000000396. The van der Waals surface area contributed by atoms with Gasteiger partial charge in [0.2, 0.25) is 0 Å². The molecule has 3 heteroatoms. The minimum atomic E-state index is 0.381. The first kappa shape index (κ1) is 9.48. The number of aliphatic hydroxyl groups excluding tert-OH is 1. The monoisotopic (exact) mass is 178 g/mol. The maximum atomic E-state index is 10.3. The number of carbonyl (C=O) groups excluding carboxylic acids is 1. The van der Waals surface area contributed by atoms with Crippen LogP contribution in [0.1, 0.15) is 10.6 Å². The van der Waals surface area contributed by atoms with Gasteiger partial charge in [-0.3, -0.25) is 4.79 Å². The van der Waals surface area contributed by atoms with Crippen molar-refractivity contribution in [2.75, 3.05) is 7.11 Å². The van der Waals surface area contributed by atoms with Crippen molar-refractivity contribution in [3.63, 3.8) is 0 Å². The third-order valence-corrected chi connectivity index (χ3v) is 1.56.